The molecule has 138 valence electrons. The number of halogens is 3. The second-order valence-corrected chi connectivity index (χ2v) is 8.18. The molecule has 0 amide bonds. The van der Waals surface area contributed by atoms with Crippen molar-refractivity contribution in [2.45, 2.75) is 23.2 Å². The molecular formula is C14H14F3NO5S2. The molecule has 0 saturated carbocycles. The van der Waals surface area contributed by atoms with Crippen molar-refractivity contribution in [2.24, 2.45) is 0 Å². The van der Waals surface area contributed by atoms with Gasteiger partial charge in [-0.15, -0.1) is 0 Å². The van der Waals surface area contributed by atoms with E-state index in [2.05, 4.69) is 0 Å². The lowest BCUT2D eigenvalue weighted by Crippen LogP contribution is -2.36. The van der Waals surface area contributed by atoms with E-state index in [0.717, 1.165) is 5.56 Å². The molecule has 11 heteroatoms. The molecule has 2 rings (SSSR count). The van der Waals surface area contributed by atoms with E-state index in [-0.39, 0.29) is 5.88 Å². The van der Waals surface area contributed by atoms with Gasteiger partial charge in [0.15, 0.2) is 22.5 Å². The van der Waals surface area contributed by atoms with Gasteiger partial charge in [0.1, 0.15) is 0 Å². The van der Waals surface area contributed by atoms with Gasteiger partial charge in [0.2, 0.25) is 9.84 Å². The molecule has 0 aliphatic heterocycles. The summed E-state index contributed by atoms with van der Waals surface area (Å²) in [7, 11) is -9.36. The van der Waals surface area contributed by atoms with Crippen molar-refractivity contribution in [1.29, 1.82) is 0 Å². The van der Waals surface area contributed by atoms with Crippen LogP contribution in [0.1, 0.15) is 5.56 Å². The van der Waals surface area contributed by atoms with Gasteiger partial charge in [-0.25, -0.2) is 16.8 Å². The molecular weight excluding hydrogens is 383 g/mol. The summed E-state index contributed by atoms with van der Waals surface area (Å²) < 4.78 is 84.7. The quantitative estimate of drug-likeness (QED) is 0.447. The molecule has 1 aromatic heterocycles. The maximum atomic E-state index is 12.1. The number of sulfone groups is 1. The summed E-state index contributed by atoms with van der Waals surface area (Å²) in [6.45, 7) is 1.93. The molecule has 0 atom stereocenters. The Morgan fingerprint density at radius 2 is 1.40 bits per heavy atom. The molecule has 0 spiro atoms. The molecule has 0 aliphatic rings. The summed E-state index contributed by atoms with van der Waals surface area (Å²) in [4.78, 5) is 0.361. The molecule has 0 saturated heterocycles. The van der Waals surface area contributed by atoms with Crippen molar-refractivity contribution in [2.75, 3.05) is 0 Å². The first-order valence-corrected chi connectivity index (χ1v) is 9.65. The Bertz CT molecular complexity index is 894. The maximum absolute atomic E-state index is 12.1. The van der Waals surface area contributed by atoms with Crippen LogP contribution in [0.3, 0.4) is 0 Å². The molecule has 0 N–H and O–H groups in total. The van der Waals surface area contributed by atoms with Crippen LogP contribution in [-0.2, 0) is 25.8 Å². The minimum atomic E-state index is -6.09. The summed E-state index contributed by atoms with van der Waals surface area (Å²) in [5, 5.41) is 0. The van der Waals surface area contributed by atoms with Crippen LogP contribution in [0.15, 0.2) is 59.8 Å². The number of alkyl halides is 3. The van der Waals surface area contributed by atoms with Crippen LogP contribution in [0.25, 0.3) is 0 Å². The molecule has 0 radical (unpaired) electrons. The Balaban J connectivity index is 0.000000333. The summed E-state index contributed by atoms with van der Waals surface area (Å²) >= 11 is 0. The number of nitrogens with zero attached hydrogens (tertiary/aromatic N) is 1. The van der Waals surface area contributed by atoms with Crippen LogP contribution in [0.2, 0.25) is 0 Å². The highest BCUT2D eigenvalue weighted by molar-refractivity contribution is 7.90. The SMILES string of the molecule is Cc1ccc(S(=O)(=O)C[n+]2ccccc2)cc1.O=S(=O)([O-])C(F)(F)F. The average Bonchev–Trinajstić information content (AvgIpc) is 2.47. The number of pyridine rings is 1. The van der Waals surface area contributed by atoms with Crippen molar-refractivity contribution >= 4 is 20.0 Å². The third kappa shape index (κ3) is 6.80. The van der Waals surface area contributed by atoms with Crippen LogP contribution in [0.4, 0.5) is 13.2 Å². The molecule has 0 fully saturated rings. The fourth-order valence-electron chi connectivity index (χ4n) is 1.54. The third-order valence-corrected chi connectivity index (χ3v) is 4.96. The van der Waals surface area contributed by atoms with Gasteiger partial charge in [0, 0.05) is 12.1 Å². The number of hydrogen-bond donors (Lipinski definition) is 0. The Kier molecular flexibility index (Phi) is 6.68. The Morgan fingerprint density at radius 1 is 0.960 bits per heavy atom. The molecule has 0 bridgehead atoms. The highest BCUT2D eigenvalue weighted by atomic mass is 32.2. The van der Waals surface area contributed by atoms with Crippen LogP contribution in [0, 0.1) is 6.92 Å². The standard InChI is InChI=1S/C13H14NO2S.CHF3O3S/c1-12-5-7-13(8-6-12)17(15,16)11-14-9-3-2-4-10-14;2-1(3,4)8(5,6)7/h2-10H,11H2,1H3;(H,5,6,7)/q+1;/p-1. The van der Waals surface area contributed by atoms with E-state index >= 15 is 0 Å². The van der Waals surface area contributed by atoms with E-state index in [1.807, 2.05) is 37.3 Å². The normalized spacial score (nSPS) is 12.2. The first kappa shape index (κ1) is 21.1. The second-order valence-electron chi connectivity index (χ2n) is 4.85. The van der Waals surface area contributed by atoms with Crippen molar-refractivity contribution in [3.05, 3.63) is 60.4 Å². The summed E-state index contributed by atoms with van der Waals surface area (Å²) in [5.74, 6) is -0.0309. The largest absolute Gasteiger partial charge is 0.741 e. The first-order chi connectivity index (χ1) is 11.3. The van der Waals surface area contributed by atoms with Gasteiger partial charge in [0.05, 0.1) is 4.90 Å². The second kappa shape index (κ2) is 7.93. The number of aryl methyl sites for hydroxylation is 1. The predicted molar refractivity (Wildman–Crippen MR) is 80.8 cm³/mol. The average molecular weight is 397 g/mol. The Hall–Kier alpha value is -1.98. The molecule has 6 nitrogen and oxygen atoms in total. The molecule has 25 heavy (non-hydrogen) atoms. The first-order valence-electron chi connectivity index (χ1n) is 6.58. The fraction of sp³-hybridized carbons (Fsp3) is 0.214. The number of aromatic nitrogens is 1. The topological polar surface area (TPSA) is 95.2 Å². The predicted octanol–water partition coefficient (Wildman–Crippen LogP) is 1.77. The Morgan fingerprint density at radius 3 is 1.80 bits per heavy atom. The van der Waals surface area contributed by atoms with E-state index in [9.17, 15) is 21.6 Å². The van der Waals surface area contributed by atoms with E-state index in [1.54, 1.807) is 29.1 Å². The Labute approximate surface area is 143 Å². The van der Waals surface area contributed by atoms with Gasteiger partial charge in [-0.2, -0.15) is 17.7 Å². The van der Waals surface area contributed by atoms with Gasteiger partial charge >= 0.3 is 5.51 Å². The van der Waals surface area contributed by atoms with Gasteiger partial charge in [0.25, 0.3) is 5.88 Å². The van der Waals surface area contributed by atoms with E-state index in [0.29, 0.717) is 4.90 Å². The lowest BCUT2D eigenvalue weighted by atomic mass is 10.2. The zero-order valence-electron chi connectivity index (χ0n) is 12.8. The number of benzene rings is 1. The zero-order valence-corrected chi connectivity index (χ0v) is 14.5. The summed E-state index contributed by atoms with van der Waals surface area (Å²) in [6, 6.07) is 12.4. The van der Waals surface area contributed by atoms with Crippen LogP contribution < -0.4 is 4.57 Å². The lowest BCUT2D eigenvalue weighted by molar-refractivity contribution is -0.677. The number of rotatable bonds is 3. The number of hydrogen-bond acceptors (Lipinski definition) is 5. The minimum Gasteiger partial charge on any atom is -0.741 e. The van der Waals surface area contributed by atoms with Gasteiger partial charge in [-0.1, -0.05) is 23.8 Å². The monoisotopic (exact) mass is 397 g/mol. The smallest absolute Gasteiger partial charge is 0.485 e. The van der Waals surface area contributed by atoms with Gasteiger partial charge in [-0.3, -0.25) is 0 Å². The minimum absolute atomic E-state index is 0.0309. The van der Waals surface area contributed by atoms with Crippen molar-refractivity contribution < 1.29 is 39.1 Å². The van der Waals surface area contributed by atoms with E-state index in [4.69, 9.17) is 13.0 Å². The van der Waals surface area contributed by atoms with Gasteiger partial charge in [-0.05, 0) is 19.1 Å². The lowest BCUT2D eigenvalue weighted by Gasteiger charge is -2.08. The molecule has 0 aliphatic carbocycles. The van der Waals surface area contributed by atoms with Crippen LogP contribution in [0.5, 0.6) is 0 Å². The van der Waals surface area contributed by atoms with Crippen molar-refractivity contribution in [1.82, 2.24) is 0 Å². The maximum Gasteiger partial charge on any atom is 0.485 e. The van der Waals surface area contributed by atoms with Crippen molar-refractivity contribution in [3.8, 4) is 0 Å². The van der Waals surface area contributed by atoms with Crippen molar-refractivity contribution in [3.63, 3.8) is 0 Å². The highest BCUT2D eigenvalue weighted by Gasteiger charge is 2.36. The van der Waals surface area contributed by atoms with Gasteiger partial charge < -0.3 is 4.55 Å². The highest BCUT2D eigenvalue weighted by Crippen LogP contribution is 2.20. The zero-order chi connectivity index (χ0) is 19.3. The van der Waals surface area contributed by atoms with Crippen LogP contribution >= 0.6 is 0 Å². The molecule has 0 unspecified atom stereocenters. The van der Waals surface area contributed by atoms with E-state index < -0.39 is 25.5 Å². The summed E-state index contributed by atoms with van der Waals surface area (Å²) in [5.41, 5.74) is -4.59. The molecule has 2 aromatic rings. The summed E-state index contributed by atoms with van der Waals surface area (Å²) in [6.07, 6.45) is 3.48. The van der Waals surface area contributed by atoms with E-state index in [1.165, 1.54) is 0 Å². The third-order valence-electron chi connectivity index (χ3n) is 2.76. The van der Waals surface area contributed by atoms with Crippen LogP contribution in [-0.4, -0.2) is 26.9 Å². The fourth-order valence-corrected chi connectivity index (χ4v) is 2.80. The molecule has 1 heterocycles. The molecule has 1 aromatic carbocycles.